The molecule has 0 saturated carbocycles. The molecule has 0 aliphatic carbocycles. The molecule has 0 heterocycles. The SMILES string of the molecule is [2H]C([2H])([2H])Oc1cccc(C(=O)O)c1C(=O)O. The molecule has 1 rings (SSSR count). The molecular weight excluding hydrogens is 188 g/mol. The Labute approximate surface area is 83.8 Å². The van der Waals surface area contributed by atoms with Crippen LogP contribution >= 0.6 is 0 Å². The number of carboxylic acid groups (broad SMARTS) is 2. The minimum absolute atomic E-state index is 0.502. The van der Waals surface area contributed by atoms with Crippen molar-refractivity contribution in [1.82, 2.24) is 0 Å². The van der Waals surface area contributed by atoms with Crippen LogP contribution in [0.3, 0.4) is 0 Å². The van der Waals surface area contributed by atoms with E-state index >= 15 is 0 Å². The Balaban J connectivity index is 3.35. The molecule has 0 bridgehead atoms. The average molecular weight is 199 g/mol. The van der Waals surface area contributed by atoms with Crippen molar-refractivity contribution in [3.63, 3.8) is 0 Å². The molecule has 0 radical (unpaired) electrons. The van der Waals surface area contributed by atoms with Crippen molar-refractivity contribution in [2.45, 2.75) is 0 Å². The number of carbonyl (C=O) groups is 2. The number of hydrogen-bond acceptors (Lipinski definition) is 3. The Hall–Kier alpha value is -2.04. The average Bonchev–Trinajstić information content (AvgIpc) is 2.14. The molecule has 0 fully saturated rings. The van der Waals surface area contributed by atoms with Crippen LogP contribution in [0.15, 0.2) is 18.2 Å². The monoisotopic (exact) mass is 199 g/mol. The van der Waals surface area contributed by atoms with E-state index in [1.165, 1.54) is 6.07 Å². The number of aromatic carboxylic acids is 2. The van der Waals surface area contributed by atoms with Gasteiger partial charge >= 0.3 is 11.9 Å². The van der Waals surface area contributed by atoms with Crippen LogP contribution in [0.4, 0.5) is 0 Å². The van der Waals surface area contributed by atoms with E-state index in [9.17, 15) is 9.59 Å². The summed E-state index contributed by atoms with van der Waals surface area (Å²) in [7, 11) is -2.85. The zero-order valence-corrected chi connectivity index (χ0v) is 6.85. The molecule has 0 aliphatic rings. The summed E-state index contributed by atoms with van der Waals surface area (Å²) in [6, 6.07) is 3.34. The molecule has 1 aromatic rings. The first-order valence-corrected chi connectivity index (χ1v) is 3.51. The normalized spacial score (nSPS) is 13.6. The molecule has 5 nitrogen and oxygen atoms in total. The lowest BCUT2D eigenvalue weighted by molar-refractivity contribution is 0.0648. The molecular formula is C9H8O5. The van der Waals surface area contributed by atoms with Gasteiger partial charge in [-0.15, -0.1) is 0 Å². The molecule has 0 saturated heterocycles. The largest absolute Gasteiger partial charge is 0.496 e. The van der Waals surface area contributed by atoms with Gasteiger partial charge in [0.05, 0.1) is 16.7 Å². The second-order valence-electron chi connectivity index (χ2n) is 2.39. The molecule has 0 aromatic heterocycles. The molecule has 2 N–H and O–H groups in total. The van der Waals surface area contributed by atoms with E-state index in [0.29, 0.717) is 0 Å². The summed E-state index contributed by atoms with van der Waals surface area (Å²) < 4.78 is 25.0. The maximum absolute atomic E-state index is 10.9. The maximum Gasteiger partial charge on any atom is 0.340 e. The van der Waals surface area contributed by atoms with Crippen molar-refractivity contribution in [1.29, 1.82) is 0 Å². The van der Waals surface area contributed by atoms with Crippen LogP contribution in [-0.2, 0) is 0 Å². The van der Waals surface area contributed by atoms with Crippen LogP contribution in [-0.4, -0.2) is 29.2 Å². The van der Waals surface area contributed by atoms with Crippen molar-refractivity contribution in [3.8, 4) is 5.75 Å². The van der Waals surface area contributed by atoms with Crippen LogP contribution in [0.25, 0.3) is 0 Å². The summed E-state index contributed by atoms with van der Waals surface area (Å²) in [5.74, 6) is -3.54. The fourth-order valence-corrected chi connectivity index (χ4v) is 1.01. The van der Waals surface area contributed by atoms with E-state index < -0.39 is 35.9 Å². The predicted octanol–water partition coefficient (Wildman–Crippen LogP) is 1.09. The summed E-state index contributed by atoms with van der Waals surface area (Å²) in [5.41, 5.74) is -1.21. The van der Waals surface area contributed by atoms with Gasteiger partial charge in [0.15, 0.2) is 0 Å². The zero-order valence-electron chi connectivity index (χ0n) is 9.85. The highest BCUT2D eigenvalue weighted by atomic mass is 16.5. The fraction of sp³-hybridized carbons (Fsp3) is 0.111. The molecule has 5 heteroatoms. The summed E-state index contributed by atoms with van der Waals surface area (Å²) in [4.78, 5) is 21.7. The van der Waals surface area contributed by atoms with Crippen LogP contribution in [0.1, 0.15) is 24.8 Å². The van der Waals surface area contributed by atoms with Crippen LogP contribution in [0.2, 0.25) is 0 Å². The molecule has 74 valence electrons. The standard InChI is InChI=1S/C9H8O5/c1-14-6-4-2-3-5(8(10)11)7(6)9(12)13/h2-4H,1H3,(H,10,11)(H,12,13)/i1D3. The maximum atomic E-state index is 10.9. The Bertz CT molecular complexity index is 466. The summed E-state index contributed by atoms with van der Waals surface area (Å²) in [6.07, 6.45) is 0. The Morgan fingerprint density at radius 3 is 2.57 bits per heavy atom. The van der Waals surface area contributed by atoms with Gasteiger partial charge in [0, 0.05) is 0 Å². The highest BCUT2D eigenvalue weighted by Crippen LogP contribution is 2.22. The number of benzene rings is 1. The first kappa shape index (κ1) is 6.42. The van der Waals surface area contributed by atoms with Crippen molar-refractivity contribution in [2.75, 3.05) is 7.04 Å². The quantitative estimate of drug-likeness (QED) is 0.761. The predicted molar refractivity (Wildman–Crippen MR) is 46.9 cm³/mol. The third kappa shape index (κ3) is 1.66. The van der Waals surface area contributed by atoms with Crippen molar-refractivity contribution in [3.05, 3.63) is 29.3 Å². The van der Waals surface area contributed by atoms with Crippen LogP contribution in [0, 0.1) is 0 Å². The van der Waals surface area contributed by atoms with E-state index in [0.717, 1.165) is 12.1 Å². The highest BCUT2D eigenvalue weighted by molar-refractivity contribution is 6.03. The van der Waals surface area contributed by atoms with E-state index in [1.807, 2.05) is 0 Å². The fourth-order valence-electron chi connectivity index (χ4n) is 1.01. The minimum Gasteiger partial charge on any atom is -0.496 e. The number of rotatable bonds is 3. The summed E-state index contributed by atoms with van der Waals surface area (Å²) >= 11 is 0. The van der Waals surface area contributed by atoms with Gasteiger partial charge in [-0.2, -0.15) is 0 Å². The second kappa shape index (κ2) is 3.78. The minimum atomic E-state index is -2.85. The van der Waals surface area contributed by atoms with Crippen molar-refractivity contribution < 1.29 is 28.7 Å². The molecule has 14 heavy (non-hydrogen) atoms. The van der Waals surface area contributed by atoms with Crippen LogP contribution < -0.4 is 4.74 Å². The second-order valence-corrected chi connectivity index (χ2v) is 2.39. The summed E-state index contributed by atoms with van der Waals surface area (Å²) in [5, 5.41) is 17.6. The van der Waals surface area contributed by atoms with E-state index in [2.05, 4.69) is 4.74 Å². The van der Waals surface area contributed by atoms with Gasteiger partial charge in [-0.3, -0.25) is 0 Å². The Morgan fingerprint density at radius 1 is 1.36 bits per heavy atom. The molecule has 0 unspecified atom stereocenters. The number of methoxy groups -OCH3 is 1. The van der Waals surface area contributed by atoms with Gasteiger partial charge in [-0.1, -0.05) is 6.07 Å². The smallest absolute Gasteiger partial charge is 0.340 e. The number of carboxylic acids is 2. The third-order valence-corrected chi connectivity index (χ3v) is 1.58. The van der Waals surface area contributed by atoms with Gasteiger partial charge in [-0.05, 0) is 12.1 Å². The van der Waals surface area contributed by atoms with Gasteiger partial charge in [0.1, 0.15) is 11.3 Å². The summed E-state index contributed by atoms with van der Waals surface area (Å²) in [6.45, 7) is 0. The lowest BCUT2D eigenvalue weighted by atomic mass is 10.1. The van der Waals surface area contributed by atoms with E-state index in [1.54, 1.807) is 0 Å². The van der Waals surface area contributed by atoms with Crippen LogP contribution in [0.5, 0.6) is 5.75 Å². The Morgan fingerprint density at radius 2 is 2.07 bits per heavy atom. The topological polar surface area (TPSA) is 83.8 Å². The van der Waals surface area contributed by atoms with Gasteiger partial charge in [0.2, 0.25) is 0 Å². The lowest BCUT2D eigenvalue weighted by Gasteiger charge is -2.06. The van der Waals surface area contributed by atoms with E-state index in [-0.39, 0.29) is 0 Å². The number of ether oxygens (including phenoxy) is 1. The first-order valence-electron chi connectivity index (χ1n) is 5.01. The van der Waals surface area contributed by atoms with Gasteiger partial charge < -0.3 is 14.9 Å². The number of hydrogen-bond donors (Lipinski definition) is 2. The zero-order chi connectivity index (χ0) is 13.2. The van der Waals surface area contributed by atoms with Crippen molar-refractivity contribution >= 4 is 11.9 Å². The molecule has 0 spiro atoms. The molecule has 0 atom stereocenters. The lowest BCUT2D eigenvalue weighted by Crippen LogP contribution is -2.09. The van der Waals surface area contributed by atoms with Gasteiger partial charge in [-0.25, -0.2) is 9.59 Å². The molecule has 1 aromatic carbocycles. The third-order valence-electron chi connectivity index (χ3n) is 1.58. The molecule has 0 aliphatic heterocycles. The highest BCUT2D eigenvalue weighted by Gasteiger charge is 2.20. The van der Waals surface area contributed by atoms with Crippen molar-refractivity contribution in [2.24, 2.45) is 0 Å². The van der Waals surface area contributed by atoms with Gasteiger partial charge in [0.25, 0.3) is 0 Å². The van der Waals surface area contributed by atoms with E-state index in [4.69, 9.17) is 14.3 Å². The Kier molecular flexibility index (Phi) is 1.73. The first-order chi connectivity index (χ1) is 7.72. The molecule has 0 amide bonds.